The van der Waals surface area contributed by atoms with Crippen molar-refractivity contribution in [1.29, 1.82) is 5.26 Å². The van der Waals surface area contributed by atoms with Crippen LogP contribution in [0.1, 0.15) is 29.2 Å². The maximum atomic E-state index is 15.3. The Balaban J connectivity index is 1.52. The minimum absolute atomic E-state index is 0.0942. The Morgan fingerprint density at radius 2 is 1.72 bits per heavy atom. The Bertz CT molecular complexity index is 1640. The first-order valence-corrected chi connectivity index (χ1v) is 12.5. The van der Waals surface area contributed by atoms with Crippen molar-refractivity contribution in [3.8, 4) is 11.8 Å². The highest BCUT2D eigenvalue weighted by molar-refractivity contribution is 5.96. The van der Waals surface area contributed by atoms with E-state index in [-0.39, 0.29) is 23.7 Å². The zero-order valence-electron chi connectivity index (χ0n) is 19.7. The number of halogens is 1. The number of benzene rings is 2. The Kier molecular flexibility index (Phi) is 4.72. The summed E-state index contributed by atoms with van der Waals surface area (Å²) in [6, 6.07) is 17.1. The number of anilines is 1. The van der Waals surface area contributed by atoms with Gasteiger partial charge < -0.3 is 9.47 Å². The normalized spacial score (nSPS) is 23.6. The third-order valence-corrected chi connectivity index (χ3v) is 7.77. The molecule has 3 atom stereocenters. The van der Waals surface area contributed by atoms with Gasteiger partial charge in [0.05, 0.1) is 29.2 Å². The van der Waals surface area contributed by atoms with Gasteiger partial charge in [0.15, 0.2) is 0 Å². The highest BCUT2D eigenvalue weighted by Gasteiger charge is 2.42. The van der Waals surface area contributed by atoms with E-state index in [2.05, 4.69) is 82.3 Å². The summed E-state index contributed by atoms with van der Waals surface area (Å²) in [7, 11) is 0. The second kappa shape index (κ2) is 8.10. The molecular weight excluding hydrogens is 445 g/mol. The number of rotatable bonds is 2. The van der Waals surface area contributed by atoms with Gasteiger partial charge in [-0.3, -0.25) is 0 Å². The molecule has 1 aromatic heterocycles. The Morgan fingerprint density at radius 3 is 2.64 bits per heavy atom. The Morgan fingerprint density at radius 1 is 0.889 bits per heavy atom. The zero-order chi connectivity index (χ0) is 24.2. The lowest BCUT2D eigenvalue weighted by molar-refractivity contribution is 0.657. The van der Waals surface area contributed by atoms with Crippen molar-refractivity contribution in [2.24, 2.45) is 5.92 Å². The molecule has 0 saturated carbocycles. The number of nitriles is 1. The standard InChI is InChI=1S/C32H24FN3/c33-24-13-4-8-17-28-31(24)22-11-2-6-15-26(22)36(28)30-19-9-18-29-32(30)23-12-3-7-16-27(23)35(29)25-14-5-1-10-21(25)20-34/h1-9,11-16,18-19,21,23,27H,10,17H2. The number of para-hydroxylation sites is 1. The molecule has 0 spiro atoms. The van der Waals surface area contributed by atoms with Crippen molar-refractivity contribution >= 4 is 22.4 Å². The summed E-state index contributed by atoms with van der Waals surface area (Å²) in [5.74, 6) is -0.249. The Labute approximate surface area is 209 Å². The van der Waals surface area contributed by atoms with E-state index in [1.807, 2.05) is 24.3 Å². The average Bonchev–Trinajstić information content (AvgIpc) is 3.36. The average molecular weight is 470 g/mol. The first-order valence-electron chi connectivity index (χ1n) is 12.5. The summed E-state index contributed by atoms with van der Waals surface area (Å²) in [5, 5.41) is 10.9. The predicted octanol–water partition coefficient (Wildman–Crippen LogP) is 7.43. The molecule has 3 unspecified atom stereocenters. The molecule has 0 fully saturated rings. The molecule has 4 heteroatoms. The second-order valence-electron chi connectivity index (χ2n) is 9.62. The third kappa shape index (κ3) is 2.90. The van der Waals surface area contributed by atoms with Crippen molar-refractivity contribution < 1.29 is 4.39 Å². The van der Waals surface area contributed by atoms with Crippen LogP contribution in [0.15, 0.2) is 109 Å². The fourth-order valence-electron chi connectivity index (χ4n) is 6.30. The number of allylic oxidation sites excluding steroid dienone is 9. The van der Waals surface area contributed by atoms with E-state index in [9.17, 15) is 5.26 Å². The molecule has 3 aliphatic carbocycles. The summed E-state index contributed by atoms with van der Waals surface area (Å²) in [4.78, 5) is 2.35. The van der Waals surface area contributed by atoms with Crippen LogP contribution < -0.4 is 4.90 Å². The first-order chi connectivity index (χ1) is 17.8. The monoisotopic (exact) mass is 469 g/mol. The minimum Gasteiger partial charge on any atom is -0.336 e. The topological polar surface area (TPSA) is 32.0 Å². The van der Waals surface area contributed by atoms with Gasteiger partial charge in [0.2, 0.25) is 0 Å². The quantitative estimate of drug-likeness (QED) is 0.391. The molecule has 4 aliphatic rings. The molecule has 0 bridgehead atoms. The second-order valence-corrected chi connectivity index (χ2v) is 9.62. The minimum atomic E-state index is -0.197. The van der Waals surface area contributed by atoms with Gasteiger partial charge in [-0.05, 0) is 36.8 Å². The van der Waals surface area contributed by atoms with Gasteiger partial charge in [-0.25, -0.2) is 4.39 Å². The highest BCUT2D eigenvalue weighted by atomic mass is 19.1. The lowest BCUT2D eigenvalue weighted by Crippen LogP contribution is -2.35. The summed E-state index contributed by atoms with van der Waals surface area (Å²) in [6.07, 6.45) is 21.7. The van der Waals surface area contributed by atoms with Gasteiger partial charge in [0.1, 0.15) is 5.83 Å². The van der Waals surface area contributed by atoms with Gasteiger partial charge in [-0.1, -0.05) is 72.9 Å². The maximum Gasteiger partial charge on any atom is 0.132 e. The molecular formula is C32H24FN3. The Hall–Kier alpha value is -4.36. The molecule has 3 nitrogen and oxygen atoms in total. The fourth-order valence-corrected chi connectivity index (χ4v) is 6.30. The number of nitrogens with zero attached hydrogens (tertiary/aromatic N) is 3. The van der Waals surface area contributed by atoms with Crippen molar-refractivity contribution in [3.05, 3.63) is 126 Å². The highest BCUT2D eigenvalue weighted by Crippen LogP contribution is 2.51. The van der Waals surface area contributed by atoms with E-state index in [1.165, 1.54) is 5.56 Å². The van der Waals surface area contributed by atoms with Crippen LogP contribution in [-0.4, -0.2) is 10.6 Å². The van der Waals surface area contributed by atoms with E-state index < -0.39 is 0 Å². The van der Waals surface area contributed by atoms with Crippen LogP contribution in [0, 0.1) is 17.2 Å². The lowest BCUT2D eigenvalue weighted by atomic mass is 9.89. The predicted molar refractivity (Wildman–Crippen MR) is 143 cm³/mol. The van der Waals surface area contributed by atoms with Crippen LogP contribution >= 0.6 is 0 Å². The molecule has 2 heterocycles. The molecule has 1 aliphatic heterocycles. The summed E-state index contributed by atoms with van der Waals surface area (Å²) in [5.41, 5.74) is 7.11. The number of fused-ring (bicyclic) bond motifs is 6. The molecule has 0 amide bonds. The van der Waals surface area contributed by atoms with Gasteiger partial charge in [-0.2, -0.15) is 5.26 Å². The van der Waals surface area contributed by atoms with Gasteiger partial charge >= 0.3 is 0 Å². The summed E-state index contributed by atoms with van der Waals surface area (Å²) in [6.45, 7) is 0. The number of hydrogen-bond donors (Lipinski definition) is 0. The third-order valence-electron chi connectivity index (χ3n) is 7.77. The van der Waals surface area contributed by atoms with Crippen LogP contribution in [0.25, 0.3) is 22.4 Å². The molecule has 0 saturated heterocycles. The van der Waals surface area contributed by atoms with Gasteiger partial charge in [0.25, 0.3) is 0 Å². The van der Waals surface area contributed by atoms with E-state index >= 15 is 4.39 Å². The van der Waals surface area contributed by atoms with E-state index in [0.29, 0.717) is 12.0 Å². The summed E-state index contributed by atoms with van der Waals surface area (Å²) < 4.78 is 17.6. The van der Waals surface area contributed by atoms with Crippen LogP contribution in [0.4, 0.5) is 10.1 Å². The van der Waals surface area contributed by atoms with Crippen LogP contribution in [-0.2, 0) is 6.42 Å². The van der Waals surface area contributed by atoms with Gasteiger partial charge in [-0.15, -0.1) is 0 Å². The van der Waals surface area contributed by atoms with E-state index in [1.54, 1.807) is 12.2 Å². The molecule has 3 aromatic rings. The first kappa shape index (κ1) is 21.0. The molecule has 7 rings (SSSR count). The van der Waals surface area contributed by atoms with E-state index in [0.717, 1.165) is 40.1 Å². The SMILES string of the molecule is N#CC1CC=CC=C1N1c2cccc(-n3c4c(c5ccccc53)C(F)=CC=CC4)c2C2C=CC=CC21. The molecule has 2 aromatic carbocycles. The smallest absolute Gasteiger partial charge is 0.132 e. The number of hydrogen-bond acceptors (Lipinski definition) is 2. The lowest BCUT2D eigenvalue weighted by Gasteiger charge is -2.33. The number of aromatic nitrogens is 1. The van der Waals surface area contributed by atoms with E-state index in [4.69, 9.17) is 0 Å². The molecule has 0 N–H and O–H groups in total. The van der Waals surface area contributed by atoms with Crippen LogP contribution in [0.5, 0.6) is 0 Å². The fraction of sp³-hybridized carbons (Fsp3) is 0.156. The van der Waals surface area contributed by atoms with Crippen molar-refractivity contribution in [1.82, 2.24) is 4.57 Å². The van der Waals surface area contributed by atoms with Crippen molar-refractivity contribution in [2.45, 2.75) is 24.8 Å². The van der Waals surface area contributed by atoms with Crippen LogP contribution in [0.3, 0.4) is 0 Å². The molecule has 174 valence electrons. The maximum absolute atomic E-state index is 15.3. The van der Waals surface area contributed by atoms with Crippen molar-refractivity contribution in [3.63, 3.8) is 0 Å². The molecule has 0 radical (unpaired) electrons. The largest absolute Gasteiger partial charge is 0.336 e. The van der Waals surface area contributed by atoms with Gasteiger partial charge in [0, 0.05) is 45.9 Å². The molecule has 36 heavy (non-hydrogen) atoms. The zero-order valence-corrected chi connectivity index (χ0v) is 19.7. The van der Waals surface area contributed by atoms with Crippen LogP contribution in [0.2, 0.25) is 0 Å². The summed E-state index contributed by atoms with van der Waals surface area (Å²) >= 11 is 0. The van der Waals surface area contributed by atoms with Crippen molar-refractivity contribution in [2.75, 3.05) is 4.90 Å².